The van der Waals surface area contributed by atoms with Crippen LogP contribution >= 0.6 is 39.3 Å². The fourth-order valence-electron chi connectivity index (χ4n) is 2.00. The second kappa shape index (κ2) is 6.35. The van der Waals surface area contributed by atoms with Crippen molar-refractivity contribution in [3.05, 3.63) is 28.2 Å². The summed E-state index contributed by atoms with van der Waals surface area (Å²) < 4.78 is 27.3. The highest BCUT2D eigenvalue weighted by molar-refractivity contribution is 9.10. The van der Waals surface area contributed by atoms with Crippen molar-refractivity contribution in [1.29, 1.82) is 0 Å². The molecular weight excluding hydrogens is 370 g/mol. The van der Waals surface area contributed by atoms with Crippen molar-refractivity contribution in [3.63, 3.8) is 0 Å². The van der Waals surface area contributed by atoms with Crippen molar-refractivity contribution in [3.8, 4) is 0 Å². The van der Waals surface area contributed by atoms with Crippen LogP contribution in [-0.2, 0) is 15.9 Å². The summed E-state index contributed by atoms with van der Waals surface area (Å²) in [6.45, 7) is 0. The second-order valence-electron chi connectivity index (χ2n) is 4.44. The van der Waals surface area contributed by atoms with E-state index in [2.05, 4.69) is 15.9 Å². The Morgan fingerprint density at radius 1 is 1.53 bits per heavy atom. The molecule has 1 aromatic rings. The molecule has 0 amide bonds. The predicted molar refractivity (Wildman–Crippen MR) is 84.4 cm³/mol. The number of benzene rings is 1. The third-order valence-corrected chi connectivity index (χ3v) is 7.57. The molecule has 1 aromatic carbocycles. The molecule has 1 atom stereocenters. The molecule has 0 aromatic heterocycles. The van der Waals surface area contributed by atoms with Crippen molar-refractivity contribution in [2.75, 3.05) is 18.6 Å². The summed E-state index contributed by atoms with van der Waals surface area (Å²) in [5.74, 6) is 2.26. The fraction of sp³-hybridized carbons (Fsp3) is 0.500. The van der Waals surface area contributed by atoms with Crippen LogP contribution in [0.25, 0.3) is 0 Å². The molecule has 1 fully saturated rings. The molecule has 1 unspecified atom stereocenters. The molecule has 19 heavy (non-hydrogen) atoms. The summed E-state index contributed by atoms with van der Waals surface area (Å²) in [6, 6.07) is 5.23. The lowest BCUT2D eigenvalue weighted by Gasteiger charge is -2.23. The zero-order chi connectivity index (χ0) is 14.0. The summed E-state index contributed by atoms with van der Waals surface area (Å²) in [5, 5.41) is 0. The topological polar surface area (TPSA) is 37.4 Å². The number of hydrogen-bond acceptors (Lipinski definition) is 3. The maximum Gasteiger partial charge on any atom is 0.244 e. The first-order valence-electron chi connectivity index (χ1n) is 5.87. The van der Waals surface area contributed by atoms with Gasteiger partial charge in [-0.3, -0.25) is 0 Å². The number of halogens is 2. The van der Waals surface area contributed by atoms with Gasteiger partial charge < -0.3 is 0 Å². The Kier molecular flexibility index (Phi) is 5.22. The largest absolute Gasteiger partial charge is 0.244 e. The first-order chi connectivity index (χ1) is 8.96. The van der Waals surface area contributed by atoms with E-state index in [9.17, 15) is 8.42 Å². The lowest BCUT2D eigenvalue weighted by Crippen LogP contribution is -2.37. The summed E-state index contributed by atoms with van der Waals surface area (Å²) in [6.07, 6.45) is 0.914. The molecule has 0 N–H and O–H groups in total. The Morgan fingerprint density at radius 3 is 2.79 bits per heavy atom. The molecule has 106 valence electrons. The fourth-order valence-corrected chi connectivity index (χ4v) is 5.99. The van der Waals surface area contributed by atoms with Gasteiger partial charge in [-0.05, 0) is 45.8 Å². The minimum atomic E-state index is -3.45. The van der Waals surface area contributed by atoms with Gasteiger partial charge >= 0.3 is 0 Å². The van der Waals surface area contributed by atoms with Crippen LogP contribution in [0, 0.1) is 0 Å². The number of alkyl halides is 1. The number of rotatable bonds is 4. The van der Waals surface area contributed by atoms with Crippen LogP contribution in [0.1, 0.15) is 12.0 Å². The molecule has 0 aliphatic carbocycles. The highest BCUT2D eigenvalue weighted by Crippen LogP contribution is 2.30. The van der Waals surface area contributed by atoms with Gasteiger partial charge in [-0.2, -0.15) is 16.1 Å². The summed E-state index contributed by atoms with van der Waals surface area (Å²) >= 11 is 10.9. The van der Waals surface area contributed by atoms with Gasteiger partial charge in [0.2, 0.25) is 10.0 Å². The average Bonchev–Trinajstić information content (AvgIpc) is 2.90. The number of sulfonamides is 1. The van der Waals surface area contributed by atoms with Gasteiger partial charge in [0, 0.05) is 29.2 Å². The summed E-state index contributed by atoms with van der Waals surface area (Å²) in [7, 11) is -1.79. The maximum absolute atomic E-state index is 12.6. The highest BCUT2D eigenvalue weighted by Gasteiger charge is 2.31. The number of hydrogen-bond donors (Lipinski definition) is 0. The van der Waals surface area contributed by atoms with E-state index in [0.29, 0.717) is 15.2 Å². The van der Waals surface area contributed by atoms with Crippen molar-refractivity contribution >= 4 is 49.3 Å². The van der Waals surface area contributed by atoms with Crippen LogP contribution in [-0.4, -0.2) is 37.3 Å². The van der Waals surface area contributed by atoms with Crippen molar-refractivity contribution < 1.29 is 8.42 Å². The van der Waals surface area contributed by atoms with Crippen LogP contribution in [0.5, 0.6) is 0 Å². The van der Waals surface area contributed by atoms with E-state index in [1.165, 1.54) is 4.31 Å². The first kappa shape index (κ1) is 15.6. The van der Waals surface area contributed by atoms with E-state index in [1.807, 2.05) is 0 Å². The lowest BCUT2D eigenvalue weighted by molar-refractivity contribution is 0.394. The third kappa shape index (κ3) is 3.29. The van der Waals surface area contributed by atoms with E-state index in [4.69, 9.17) is 11.6 Å². The van der Waals surface area contributed by atoms with Gasteiger partial charge in [0.15, 0.2) is 0 Å². The van der Waals surface area contributed by atoms with E-state index in [0.717, 1.165) is 23.5 Å². The molecule has 2 rings (SSSR count). The highest BCUT2D eigenvalue weighted by atomic mass is 79.9. The molecule has 0 spiro atoms. The smallest absolute Gasteiger partial charge is 0.207 e. The van der Waals surface area contributed by atoms with E-state index in [1.54, 1.807) is 37.0 Å². The van der Waals surface area contributed by atoms with Crippen LogP contribution in [0.2, 0.25) is 0 Å². The molecule has 1 heterocycles. The van der Waals surface area contributed by atoms with Gasteiger partial charge in [-0.15, -0.1) is 11.6 Å². The summed E-state index contributed by atoms with van der Waals surface area (Å²) in [4.78, 5) is 0.306. The predicted octanol–water partition coefficient (Wildman–Crippen LogP) is 3.31. The minimum absolute atomic E-state index is 0.0922. The molecule has 1 aliphatic heterocycles. The van der Waals surface area contributed by atoms with E-state index >= 15 is 0 Å². The molecule has 1 saturated heterocycles. The number of nitrogens with zero attached hydrogens (tertiary/aromatic N) is 1. The van der Waals surface area contributed by atoms with Crippen LogP contribution in [0.4, 0.5) is 0 Å². The first-order valence-corrected chi connectivity index (χ1v) is 9.79. The number of thioether (sulfide) groups is 1. The van der Waals surface area contributed by atoms with E-state index in [-0.39, 0.29) is 6.04 Å². The quantitative estimate of drug-likeness (QED) is 0.747. The van der Waals surface area contributed by atoms with Crippen molar-refractivity contribution in [1.82, 2.24) is 4.31 Å². The van der Waals surface area contributed by atoms with Gasteiger partial charge in [-0.25, -0.2) is 8.42 Å². The molecular formula is C12H15BrClNO2S2. The van der Waals surface area contributed by atoms with Crippen LogP contribution in [0.15, 0.2) is 27.6 Å². The second-order valence-corrected chi connectivity index (χ2v) is 8.67. The van der Waals surface area contributed by atoms with Crippen molar-refractivity contribution in [2.45, 2.75) is 23.2 Å². The molecule has 7 heteroatoms. The minimum Gasteiger partial charge on any atom is -0.207 e. The average molecular weight is 385 g/mol. The Hall–Kier alpha value is 0.250. The third-order valence-electron chi connectivity index (χ3n) is 3.23. The van der Waals surface area contributed by atoms with Crippen LogP contribution in [0.3, 0.4) is 0 Å². The molecule has 0 bridgehead atoms. The maximum atomic E-state index is 12.6. The zero-order valence-electron chi connectivity index (χ0n) is 10.5. The van der Waals surface area contributed by atoms with Crippen molar-refractivity contribution in [2.24, 2.45) is 0 Å². The Bertz CT molecular complexity index is 559. The zero-order valence-corrected chi connectivity index (χ0v) is 14.4. The normalized spacial score (nSPS) is 20.1. The van der Waals surface area contributed by atoms with Gasteiger partial charge in [0.1, 0.15) is 0 Å². The standard InChI is InChI=1S/C12H15BrClNO2S2/c1-15(10-4-5-18-8-10)19(16,17)12-3-2-9(7-14)6-11(12)13/h2-3,6,10H,4-5,7-8H2,1H3. The molecule has 3 nitrogen and oxygen atoms in total. The lowest BCUT2D eigenvalue weighted by atomic mass is 10.2. The summed E-state index contributed by atoms with van der Waals surface area (Å²) in [5.41, 5.74) is 0.895. The monoisotopic (exact) mass is 383 g/mol. The Morgan fingerprint density at radius 2 is 2.26 bits per heavy atom. The van der Waals surface area contributed by atoms with E-state index < -0.39 is 10.0 Å². The van der Waals surface area contributed by atoms with Crippen LogP contribution < -0.4 is 0 Å². The van der Waals surface area contributed by atoms with Gasteiger partial charge in [0.05, 0.1) is 4.90 Å². The Labute approximate surface area is 131 Å². The molecule has 1 aliphatic rings. The molecule has 0 radical (unpaired) electrons. The Balaban J connectivity index is 2.33. The van der Waals surface area contributed by atoms with Gasteiger partial charge in [-0.1, -0.05) is 6.07 Å². The molecule has 0 saturated carbocycles. The van der Waals surface area contributed by atoms with Gasteiger partial charge in [0.25, 0.3) is 0 Å². The SMILES string of the molecule is CN(C1CCSC1)S(=O)(=O)c1ccc(CCl)cc1Br.